The molecule has 5 rings (SSSR count). The van der Waals surface area contributed by atoms with Gasteiger partial charge < -0.3 is 20.1 Å². The summed E-state index contributed by atoms with van der Waals surface area (Å²) in [6, 6.07) is 15.4. The van der Waals surface area contributed by atoms with Crippen LogP contribution in [0, 0.1) is 5.92 Å². The number of ether oxygens (including phenoxy) is 1. The smallest absolute Gasteiger partial charge is 0.407 e. The van der Waals surface area contributed by atoms with Gasteiger partial charge in [0.1, 0.15) is 12.6 Å². The van der Waals surface area contributed by atoms with E-state index in [-0.39, 0.29) is 36.9 Å². The SMILES string of the molecule is CN1CCN(C(=O)[C@@H]2CCC[C@@H]2NC(=O)OCC2c3ccccc3-c3ccccc32)CC1C(=O)O. The van der Waals surface area contributed by atoms with Gasteiger partial charge in [0.25, 0.3) is 0 Å². The minimum Gasteiger partial charge on any atom is -0.480 e. The number of nitrogens with one attached hydrogen (secondary N) is 1. The predicted molar refractivity (Wildman–Crippen MR) is 130 cm³/mol. The Kier molecular flexibility index (Phi) is 6.47. The topological polar surface area (TPSA) is 99.2 Å². The molecule has 2 aliphatic carbocycles. The largest absolute Gasteiger partial charge is 0.480 e. The lowest BCUT2D eigenvalue weighted by Gasteiger charge is -2.38. The average molecular weight is 478 g/mol. The Bertz CT molecular complexity index is 1090. The predicted octanol–water partition coefficient (Wildman–Crippen LogP) is 2.92. The number of hydrogen-bond donors (Lipinski definition) is 2. The lowest BCUT2D eigenvalue weighted by Crippen LogP contribution is -2.58. The molecule has 0 radical (unpaired) electrons. The molecule has 1 aliphatic heterocycles. The van der Waals surface area contributed by atoms with Crippen LogP contribution in [0.25, 0.3) is 11.1 Å². The van der Waals surface area contributed by atoms with Gasteiger partial charge >= 0.3 is 12.1 Å². The number of likely N-dealkylation sites (N-methyl/N-ethyl adjacent to an activating group) is 1. The molecule has 8 heteroatoms. The van der Waals surface area contributed by atoms with Crippen LogP contribution < -0.4 is 5.32 Å². The van der Waals surface area contributed by atoms with E-state index in [2.05, 4.69) is 29.6 Å². The quantitative estimate of drug-likeness (QED) is 0.687. The zero-order valence-corrected chi connectivity index (χ0v) is 19.9. The molecule has 0 aromatic heterocycles. The van der Waals surface area contributed by atoms with Crippen molar-refractivity contribution in [2.45, 2.75) is 37.3 Å². The summed E-state index contributed by atoms with van der Waals surface area (Å²) in [5.74, 6) is -1.38. The summed E-state index contributed by atoms with van der Waals surface area (Å²) in [5, 5.41) is 12.4. The highest BCUT2D eigenvalue weighted by Crippen LogP contribution is 2.44. The van der Waals surface area contributed by atoms with Crippen molar-refractivity contribution in [2.75, 3.05) is 33.3 Å². The third-order valence-corrected chi connectivity index (χ3v) is 7.72. The fourth-order valence-corrected chi connectivity index (χ4v) is 5.79. The van der Waals surface area contributed by atoms with Crippen LogP contribution in [0.2, 0.25) is 0 Å². The summed E-state index contributed by atoms with van der Waals surface area (Å²) in [7, 11) is 1.76. The van der Waals surface area contributed by atoms with Gasteiger partial charge in [0.05, 0.1) is 5.92 Å². The number of carbonyl (C=O) groups is 3. The van der Waals surface area contributed by atoms with E-state index in [1.165, 1.54) is 11.1 Å². The van der Waals surface area contributed by atoms with Gasteiger partial charge in [0.2, 0.25) is 5.91 Å². The van der Waals surface area contributed by atoms with E-state index in [9.17, 15) is 19.5 Å². The molecule has 3 atom stereocenters. The Morgan fingerprint density at radius 1 is 1.00 bits per heavy atom. The lowest BCUT2D eigenvalue weighted by molar-refractivity contribution is -0.149. The molecule has 0 bridgehead atoms. The number of alkyl carbamates (subject to hydrolysis) is 1. The number of rotatable bonds is 5. The van der Waals surface area contributed by atoms with Crippen molar-refractivity contribution < 1.29 is 24.2 Å². The summed E-state index contributed by atoms with van der Waals surface area (Å²) in [5.41, 5.74) is 4.65. The number of benzene rings is 2. The Labute approximate surface area is 204 Å². The van der Waals surface area contributed by atoms with Gasteiger partial charge in [-0.2, -0.15) is 0 Å². The highest BCUT2D eigenvalue weighted by atomic mass is 16.5. The number of carbonyl (C=O) groups excluding carboxylic acids is 2. The van der Waals surface area contributed by atoms with Crippen LogP contribution in [0.15, 0.2) is 48.5 Å². The molecule has 2 fully saturated rings. The normalized spacial score (nSPS) is 24.0. The molecule has 8 nitrogen and oxygen atoms in total. The van der Waals surface area contributed by atoms with Gasteiger partial charge in [-0.3, -0.25) is 14.5 Å². The van der Waals surface area contributed by atoms with Crippen molar-refractivity contribution in [1.82, 2.24) is 15.1 Å². The second kappa shape index (κ2) is 9.70. The monoisotopic (exact) mass is 477 g/mol. The first kappa shape index (κ1) is 23.4. The highest BCUT2D eigenvalue weighted by Gasteiger charge is 2.40. The Morgan fingerprint density at radius 2 is 1.66 bits per heavy atom. The van der Waals surface area contributed by atoms with Gasteiger partial charge in [0.15, 0.2) is 0 Å². The van der Waals surface area contributed by atoms with Crippen LogP contribution in [-0.4, -0.2) is 78.2 Å². The van der Waals surface area contributed by atoms with Crippen molar-refractivity contribution in [2.24, 2.45) is 5.92 Å². The van der Waals surface area contributed by atoms with E-state index in [1.54, 1.807) is 16.8 Å². The van der Waals surface area contributed by atoms with Crippen LogP contribution in [0.3, 0.4) is 0 Å². The van der Waals surface area contributed by atoms with Gasteiger partial charge in [0, 0.05) is 31.6 Å². The van der Waals surface area contributed by atoms with Crippen molar-refractivity contribution >= 4 is 18.0 Å². The maximum atomic E-state index is 13.2. The number of amides is 2. The second-order valence-corrected chi connectivity index (χ2v) is 9.73. The maximum Gasteiger partial charge on any atom is 0.407 e. The second-order valence-electron chi connectivity index (χ2n) is 9.73. The molecule has 2 aromatic carbocycles. The molecule has 2 aromatic rings. The number of carboxylic acids is 1. The molecule has 1 heterocycles. The standard InChI is InChI=1S/C27H31N3O5/c1-29-13-14-30(15-24(29)26(32)33)25(31)21-11-6-12-23(21)28-27(34)35-16-22-19-9-4-2-7-17(19)18-8-3-5-10-20(18)22/h2-5,7-10,21-24H,6,11-16H2,1H3,(H,28,34)(H,32,33)/t21-,23+,24?/m1/s1. The molecule has 2 amide bonds. The Balaban J connectivity index is 1.20. The Hall–Kier alpha value is -3.39. The first-order chi connectivity index (χ1) is 16.9. The molecule has 2 N–H and O–H groups in total. The zero-order chi connectivity index (χ0) is 24.5. The fraction of sp³-hybridized carbons (Fsp3) is 0.444. The van der Waals surface area contributed by atoms with E-state index in [0.717, 1.165) is 17.5 Å². The molecular weight excluding hydrogens is 446 g/mol. The molecule has 1 saturated carbocycles. The van der Waals surface area contributed by atoms with E-state index in [4.69, 9.17) is 4.74 Å². The number of hydrogen-bond acceptors (Lipinski definition) is 5. The molecule has 35 heavy (non-hydrogen) atoms. The first-order valence-electron chi connectivity index (χ1n) is 12.3. The summed E-state index contributed by atoms with van der Waals surface area (Å²) in [6.45, 7) is 1.40. The number of fused-ring (bicyclic) bond motifs is 3. The van der Waals surface area contributed by atoms with E-state index >= 15 is 0 Å². The molecule has 1 saturated heterocycles. The van der Waals surface area contributed by atoms with Crippen LogP contribution in [0.1, 0.15) is 36.3 Å². The lowest BCUT2D eigenvalue weighted by atomic mass is 9.98. The number of nitrogens with zero attached hydrogens (tertiary/aromatic N) is 2. The third-order valence-electron chi connectivity index (χ3n) is 7.72. The van der Waals surface area contributed by atoms with Gasteiger partial charge in [-0.1, -0.05) is 55.0 Å². The van der Waals surface area contributed by atoms with Crippen LogP contribution in [-0.2, 0) is 14.3 Å². The zero-order valence-electron chi connectivity index (χ0n) is 19.9. The molecular formula is C27H31N3O5. The van der Waals surface area contributed by atoms with E-state index < -0.39 is 18.1 Å². The minimum absolute atomic E-state index is 0.0209. The van der Waals surface area contributed by atoms with Gasteiger partial charge in [-0.05, 0) is 42.1 Å². The molecule has 184 valence electrons. The van der Waals surface area contributed by atoms with E-state index in [1.807, 2.05) is 24.3 Å². The molecule has 0 spiro atoms. The highest BCUT2D eigenvalue weighted by molar-refractivity contribution is 5.83. The van der Waals surface area contributed by atoms with Crippen molar-refractivity contribution in [3.8, 4) is 11.1 Å². The van der Waals surface area contributed by atoms with Crippen molar-refractivity contribution in [3.05, 3.63) is 59.7 Å². The Morgan fingerprint density at radius 3 is 2.31 bits per heavy atom. The molecule has 1 unspecified atom stereocenters. The van der Waals surface area contributed by atoms with Crippen molar-refractivity contribution in [1.29, 1.82) is 0 Å². The number of aliphatic carboxylic acids is 1. The van der Waals surface area contributed by atoms with Crippen LogP contribution >= 0.6 is 0 Å². The summed E-state index contributed by atoms with van der Waals surface area (Å²) >= 11 is 0. The number of carboxylic acid groups (broad SMARTS) is 1. The van der Waals surface area contributed by atoms with Crippen molar-refractivity contribution in [3.63, 3.8) is 0 Å². The number of piperazine rings is 1. The summed E-state index contributed by atoms with van der Waals surface area (Å²) < 4.78 is 5.68. The summed E-state index contributed by atoms with van der Waals surface area (Å²) in [4.78, 5) is 40.9. The molecule has 3 aliphatic rings. The van der Waals surface area contributed by atoms with Crippen LogP contribution in [0.5, 0.6) is 0 Å². The average Bonchev–Trinajstić information content (AvgIpc) is 3.45. The van der Waals surface area contributed by atoms with E-state index in [0.29, 0.717) is 25.9 Å². The van der Waals surface area contributed by atoms with Gasteiger partial charge in [-0.25, -0.2) is 4.79 Å². The van der Waals surface area contributed by atoms with Crippen LogP contribution in [0.4, 0.5) is 4.79 Å². The first-order valence-corrected chi connectivity index (χ1v) is 12.3. The summed E-state index contributed by atoms with van der Waals surface area (Å²) in [6.07, 6.45) is 1.70. The minimum atomic E-state index is -0.926. The maximum absolute atomic E-state index is 13.2. The third kappa shape index (κ3) is 4.50. The fourth-order valence-electron chi connectivity index (χ4n) is 5.79. The van der Waals surface area contributed by atoms with Gasteiger partial charge in [-0.15, -0.1) is 0 Å².